The Labute approximate surface area is 252 Å². The lowest BCUT2D eigenvalue weighted by Gasteiger charge is -2.31. The number of aromatic amines is 1. The number of carbonyl (C=O) groups excluding carboxylic acids is 1. The summed E-state index contributed by atoms with van der Waals surface area (Å²) in [6.07, 6.45) is 3.88. The Balaban J connectivity index is 1.08. The van der Waals surface area contributed by atoms with Crippen LogP contribution in [0.25, 0.3) is 33.5 Å². The number of aromatic nitrogens is 5. The summed E-state index contributed by atoms with van der Waals surface area (Å²) in [5.41, 5.74) is 5.37. The van der Waals surface area contributed by atoms with Crippen molar-refractivity contribution in [1.29, 1.82) is 0 Å². The number of ether oxygens (including phenoxy) is 3. The highest BCUT2D eigenvalue weighted by molar-refractivity contribution is 6.33. The summed E-state index contributed by atoms with van der Waals surface area (Å²) in [4.78, 5) is 28.3. The molecule has 1 aliphatic rings. The second kappa shape index (κ2) is 12.9. The summed E-state index contributed by atoms with van der Waals surface area (Å²) >= 11 is 6.59. The first kappa shape index (κ1) is 28.8. The minimum atomic E-state index is -0.818. The number of benzene rings is 2. The van der Waals surface area contributed by atoms with E-state index in [1.807, 2.05) is 59.3 Å². The van der Waals surface area contributed by atoms with Crippen molar-refractivity contribution in [1.82, 2.24) is 24.5 Å². The van der Waals surface area contributed by atoms with Crippen LogP contribution in [0.15, 0.2) is 73.3 Å². The van der Waals surface area contributed by atoms with Crippen molar-refractivity contribution in [2.45, 2.75) is 37.7 Å². The summed E-state index contributed by atoms with van der Waals surface area (Å²) in [5.74, 6) is -0.271. The molecule has 0 saturated carbocycles. The molecule has 0 spiro atoms. The summed E-state index contributed by atoms with van der Waals surface area (Å²) in [6, 6.07) is 17.7. The van der Waals surface area contributed by atoms with Gasteiger partial charge in [-0.1, -0.05) is 60.1 Å². The number of esters is 1. The fraction of sp³-hybridized carbons (Fsp3) is 0.290. The van der Waals surface area contributed by atoms with Crippen molar-refractivity contribution in [2.24, 2.45) is 0 Å². The summed E-state index contributed by atoms with van der Waals surface area (Å²) < 4.78 is 18.5. The van der Waals surface area contributed by atoms with Crippen LogP contribution in [0.5, 0.6) is 6.01 Å². The molecule has 0 bridgehead atoms. The molecule has 6 rings (SSSR count). The van der Waals surface area contributed by atoms with Crippen LogP contribution in [0.1, 0.15) is 12.0 Å². The fourth-order valence-electron chi connectivity index (χ4n) is 4.94. The number of carbonyl (C=O) groups is 1. The fourth-order valence-corrected chi connectivity index (χ4v) is 5.20. The molecule has 12 heteroatoms. The average Bonchev–Trinajstić information content (AvgIpc) is 3.67. The smallest absolute Gasteiger partial charge is 0.310 e. The van der Waals surface area contributed by atoms with Gasteiger partial charge in [-0.15, -0.1) is 0 Å². The Hall–Kier alpha value is -4.29. The second-order valence-corrected chi connectivity index (χ2v) is 10.7. The molecule has 43 heavy (non-hydrogen) atoms. The van der Waals surface area contributed by atoms with E-state index in [1.165, 1.54) is 0 Å². The van der Waals surface area contributed by atoms with Crippen LogP contribution >= 0.6 is 11.6 Å². The molecule has 2 aromatic carbocycles. The first-order valence-electron chi connectivity index (χ1n) is 13.9. The van der Waals surface area contributed by atoms with E-state index < -0.39 is 18.3 Å². The van der Waals surface area contributed by atoms with E-state index in [2.05, 4.69) is 19.9 Å². The lowest BCUT2D eigenvalue weighted by atomic mass is 10.0. The predicted molar refractivity (Wildman–Crippen MR) is 159 cm³/mol. The molecular formula is C31H30ClN5O6. The molecule has 4 heterocycles. The zero-order chi connectivity index (χ0) is 29.8. The van der Waals surface area contributed by atoms with Gasteiger partial charge < -0.3 is 34.0 Å². The Morgan fingerprint density at radius 3 is 2.53 bits per heavy atom. The zero-order valence-corrected chi connectivity index (χ0v) is 23.9. The van der Waals surface area contributed by atoms with Crippen molar-refractivity contribution in [3.8, 4) is 28.4 Å². The molecule has 222 valence electrons. The maximum atomic E-state index is 12.2. The molecule has 0 amide bonds. The molecule has 5 aromatic rings. The van der Waals surface area contributed by atoms with Crippen LogP contribution in [-0.2, 0) is 27.2 Å². The monoisotopic (exact) mass is 603 g/mol. The number of H-pyrrole nitrogens is 1. The van der Waals surface area contributed by atoms with Crippen molar-refractivity contribution in [3.63, 3.8) is 0 Å². The minimum absolute atomic E-state index is 0.205. The third-order valence-corrected chi connectivity index (χ3v) is 7.55. The van der Waals surface area contributed by atoms with Crippen LogP contribution in [0.4, 0.5) is 0 Å². The van der Waals surface area contributed by atoms with Crippen LogP contribution in [0.3, 0.4) is 0 Å². The standard InChI is InChI=1S/C31H30ClN5O6/c32-24-15-25-30(36-31(34-25)43-23-14-26(39)27(16-38)42-17-23)35-29(24)22-7-5-21(6-8-22)20-3-1-19(2-4-20)13-28(40)41-12-11-37-10-9-33-18-37/h1-10,15,18,23,26-27,38-39H,11-14,16-17H2,(H,34,35,36)/t23-,26+,27-/m1/s1. The molecule has 0 radical (unpaired) electrons. The number of hydrogen-bond acceptors (Lipinski definition) is 9. The Kier molecular flexibility index (Phi) is 8.66. The van der Waals surface area contributed by atoms with Gasteiger partial charge >= 0.3 is 5.97 Å². The van der Waals surface area contributed by atoms with Gasteiger partial charge in [-0.05, 0) is 22.8 Å². The Morgan fingerprint density at radius 1 is 1.09 bits per heavy atom. The van der Waals surface area contributed by atoms with Gasteiger partial charge in [0.25, 0.3) is 6.01 Å². The minimum Gasteiger partial charge on any atom is -0.464 e. The number of imidazole rings is 2. The van der Waals surface area contributed by atoms with E-state index in [4.69, 9.17) is 25.8 Å². The van der Waals surface area contributed by atoms with Gasteiger partial charge in [0.05, 0.1) is 54.8 Å². The molecule has 0 unspecified atom stereocenters. The molecule has 0 aliphatic carbocycles. The number of fused-ring (bicyclic) bond motifs is 1. The number of hydrogen-bond donors (Lipinski definition) is 3. The van der Waals surface area contributed by atoms with Gasteiger partial charge in [0, 0.05) is 24.4 Å². The van der Waals surface area contributed by atoms with Crippen LogP contribution in [0.2, 0.25) is 5.02 Å². The molecule has 3 atom stereocenters. The summed E-state index contributed by atoms with van der Waals surface area (Å²) in [6.45, 7) is 0.854. The van der Waals surface area contributed by atoms with Gasteiger partial charge in [0.15, 0.2) is 5.65 Å². The molecule has 11 nitrogen and oxygen atoms in total. The number of aliphatic hydroxyl groups excluding tert-OH is 2. The van der Waals surface area contributed by atoms with Crippen molar-refractivity contribution >= 4 is 28.7 Å². The number of nitrogens with one attached hydrogen (secondary N) is 1. The Morgan fingerprint density at radius 2 is 1.84 bits per heavy atom. The van der Waals surface area contributed by atoms with Gasteiger partial charge in [-0.2, -0.15) is 4.98 Å². The van der Waals surface area contributed by atoms with Crippen molar-refractivity contribution < 1.29 is 29.2 Å². The lowest BCUT2D eigenvalue weighted by Crippen LogP contribution is -2.45. The SMILES string of the molecule is O=C(Cc1ccc(-c2ccc(-c3nc4nc(O[C@H]5CO[C@H](CO)[C@@H](O)C5)[nH]c4cc3Cl)cc2)cc1)OCCn1ccnc1. The molecule has 3 aromatic heterocycles. The van der Waals surface area contributed by atoms with Crippen LogP contribution in [-0.4, -0.2) is 78.8 Å². The quantitative estimate of drug-likeness (QED) is 0.203. The summed E-state index contributed by atoms with van der Waals surface area (Å²) in [5, 5.41) is 19.8. The highest BCUT2D eigenvalue weighted by Gasteiger charge is 2.31. The molecule has 1 saturated heterocycles. The van der Waals surface area contributed by atoms with E-state index >= 15 is 0 Å². The highest BCUT2D eigenvalue weighted by atomic mass is 35.5. The van der Waals surface area contributed by atoms with Gasteiger partial charge in [0.2, 0.25) is 0 Å². The second-order valence-electron chi connectivity index (χ2n) is 10.3. The maximum Gasteiger partial charge on any atom is 0.310 e. The highest BCUT2D eigenvalue weighted by Crippen LogP contribution is 2.31. The van der Waals surface area contributed by atoms with E-state index in [9.17, 15) is 15.0 Å². The van der Waals surface area contributed by atoms with E-state index in [1.54, 1.807) is 18.6 Å². The number of aliphatic hydroxyl groups is 2. The lowest BCUT2D eigenvalue weighted by molar-refractivity contribution is -0.143. The normalized spacial score (nSPS) is 18.5. The summed E-state index contributed by atoms with van der Waals surface area (Å²) in [7, 11) is 0. The molecule has 1 aliphatic heterocycles. The topological polar surface area (TPSA) is 145 Å². The molecular weight excluding hydrogens is 574 g/mol. The van der Waals surface area contributed by atoms with Gasteiger partial charge in [-0.25, -0.2) is 9.97 Å². The van der Waals surface area contributed by atoms with E-state index in [0.717, 1.165) is 22.3 Å². The number of pyridine rings is 1. The molecule has 1 fully saturated rings. The van der Waals surface area contributed by atoms with Gasteiger partial charge in [-0.3, -0.25) is 4.79 Å². The molecule has 3 N–H and O–H groups in total. The average molecular weight is 604 g/mol. The first-order valence-corrected chi connectivity index (χ1v) is 14.3. The Bertz CT molecular complexity index is 1670. The third-order valence-electron chi connectivity index (χ3n) is 7.26. The maximum absolute atomic E-state index is 12.2. The van der Waals surface area contributed by atoms with E-state index in [-0.39, 0.29) is 31.6 Å². The first-order chi connectivity index (χ1) is 20.9. The van der Waals surface area contributed by atoms with Gasteiger partial charge in [0.1, 0.15) is 18.8 Å². The van der Waals surface area contributed by atoms with E-state index in [0.29, 0.717) is 41.5 Å². The number of nitrogens with zero attached hydrogens (tertiary/aromatic N) is 4. The van der Waals surface area contributed by atoms with Crippen molar-refractivity contribution in [2.75, 3.05) is 19.8 Å². The number of rotatable bonds is 10. The zero-order valence-electron chi connectivity index (χ0n) is 23.1. The van der Waals surface area contributed by atoms with Crippen molar-refractivity contribution in [3.05, 3.63) is 83.9 Å². The predicted octanol–water partition coefficient (Wildman–Crippen LogP) is 3.82. The largest absolute Gasteiger partial charge is 0.464 e. The van der Waals surface area contributed by atoms with Crippen LogP contribution < -0.4 is 4.74 Å². The third kappa shape index (κ3) is 6.86. The number of halogens is 1. The van der Waals surface area contributed by atoms with Crippen LogP contribution in [0, 0.1) is 0 Å².